The van der Waals surface area contributed by atoms with Crippen LogP contribution < -0.4 is 10.1 Å². The molecule has 106 valence electrons. The van der Waals surface area contributed by atoms with Gasteiger partial charge in [0.25, 0.3) is 0 Å². The number of benzene rings is 2. The van der Waals surface area contributed by atoms with Crippen LogP contribution in [0.25, 0.3) is 0 Å². The molecular weight excluding hydrogens is 250 g/mol. The van der Waals surface area contributed by atoms with Gasteiger partial charge in [-0.15, -0.1) is 0 Å². The van der Waals surface area contributed by atoms with Crippen LogP contribution in [-0.2, 0) is 0 Å². The van der Waals surface area contributed by atoms with Crippen LogP contribution in [0.2, 0.25) is 0 Å². The van der Waals surface area contributed by atoms with E-state index in [0.29, 0.717) is 11.8 Å². The Morgan fingerprint density at radius 1 is 1.00 bits per heavy atom. The van der Waals surface area contributed by atoms with Gasteiger partial charge >= 0.3 is 0 Å². The molecule has 20 heavy (non-hydrogen) atoms. The summed E-state index contributed by atoms with van der Waals surface area (Å²) in [5, 5.41) is 12.7. The van der Waals surface area contributed by atoms with Gasteiger partial charge in [0.1, 0.15) is 17.2 Å². The Balaban J connectivity index is 1.96. The van der Waals surface area contributed by atoms with Crippen molar-refractivity contribution in [2.45, 2.75) is 32.7 Å². The summed E-state index contributed by atoms with van der Waals surface area (Å²) in [7, 11) is 0. The Bertz CT molecular complexity index is 520. The van der Waals surface area contributed by atoms with Gasteiger partial charge in [0, 0.05) is 11.7 Å². The van der Waals surface area contributed by atoms with Gasteiger partial charge in [0.2, 0.25) is 0 Å². The number of hydrogen-bond donors (Lipinski definition) is 2. The number of anilines is 1. The molecule has 1 unspecified atom stereocenters. The molecule has 0 radical (unpaired) electrons. The van der Waals surface area contributed by atoms with Crippen LogP contribution in [0, 0.1) is 0 Å². The monoisotopic (exact) mass is 271 g/mol. The van der Waals surface area contributed by atoms with E-state index >= 15 is 0 Å². The lowest BCUT2D eigenvalue weighted by Crippen LogP contribution is -2.14. The highest BCUT2D eigenvalue weighted by atomic mass is 16.5. The fraction of sp³-hybridized carbons (Fsp3) is 0.294. The van der Waals surface area contributed by atoms with Crippen molar-refractivity contribution in [3.8, 4) is 17.2 Å². The second kappa shape index (κ2) is 6.85. The smallest absolute Gasteiger partial charge is 0.127 e. The Labute approximate surface area is 120 Å². The minimum atomic E-state index is 0.238. The number of phenols is 1. The second-order valence-electron chi connectivity index (χ2n) is 4.95. The van der Waals surface area contributed by atoms with Crippen LogP contribution in [-0.4, -0.2) is 11.1 Å². The first kappa shape index (κ1) is 14.3. The summed E-state index contributed by atoms with van der Waals surface area (Å²) in [6.45, 7) is 4.37. The molecule has 1 atom stereocenters. The van der Waals surface area contributed by atoms with E-state index in [4.69, 9.17) is 4.74 Å². The highest BCUT2D eigenvalue weighted by Gasteiger charge is 2.02. The van der Waals surface area contributed by atoms with Crippen LogP contribution >= 0.6 is 0 Å². The summed E-state index contributed by atoms with van der Waals surface area (Å²) >= 11 is 0. The van der Waals surface area contributed by atoms with Crippen LogP contribution in [0.1, 0.15) is 26.7 Å². The molecule has 3 nitrogen and oxygen atoms in total. The van der Waals surface area contributed by atoms with Crippen molar-refractivity contribution in [2.24, 2.45) is 0 Å². The average Bonchev–Trinajstić information content (AvgIpc) is 2.44. The van der Waals surface area contributed by atoms with E-state index in [1.165, 1.54) is 6.42 Å². The molecule has 0 aliphatic rings. The molecule has 0 saturated heterocycles. The van der Waals surface area contributed by atoms with Crippen molar-refractivity contribution in [3.05, 3.63) is 48.5 Å². The van der Waals surface area contributed by atoms with E-state index in [1.54, 1.807) is 24.3 Å². The van der Waals surface area contributed by atoms with Crippen LogP contribution in [0.4, 0.5) is 5.69 Å². The molecule has 2 rings (SSSR count). The summed E-state index contributed by atoms with van der Waals surface area (Å²) in [5.74, 6) is 1.73. The largest absolute Gasteiger partial charge is 0.508 e. The molecule has 0 aromatic heterocycles. The zero-order valence-electron chi connectivity index (χ0n) is 12.0. The van der Waals surface area contributed by atoms with Crippen molar-refractivity contribution in [2.75, 3.05) is 5.32 Å². The molecule has 0 aliphatic heterocycles. The second-order valence-corrected chi connectivity index (χ2v) is 4.95. The van der Waals surface area contributed by atoms with Crippen molar-refractivity contribution < 1.29 is 9.84 Å². The predicted molar refractivity (Wildman–Crippen MR) is 82.6 cm³/mol. The zero-order valence-corrected chi connectivity index (χ0v) is 12.0. The third kappa shape index (κ3) is 4.19. The molecule has 2 N–H and O–H groups in total. The van der Waals surface area contributed by atoms with Gasteiger partial charge in [-0.05, 0) is 61.9 Å². The van der Waals surface area contributed by atoms with Crippen molar-refractivity contribution in [1.29, 1.82) is 0 Å². The first-order valence-electron chi connectivity index (χ1n) is 7.01. The van der Waals surface area contributed by atoms with Crippen molar-refractivity contribution in [3.63, 3.8) is 0 Å². The maximum absolute atomic E-state index is 9.22. The third-order valence-electron chi connectivity index (χ3n) is 3.06. The lowest BCUT2D eigenvalue weighted by atomic mass is 10.2. The summed E-state index contributed by atoms with van der Waals surface area (Å²) < 4.78 is 5.70. The molecule has 0 amide bonds. The number of phenolic OH excluding ortho intramolecular Hbond substituents is 1. The van der Waals surface area contributed by atoms with Gasteiger partial charge < -0.3 is 15.2 Å². The van der Waals surface area contributed by atoms with E-state index in [1.807, 2.05) is 24.3 Å². The molecule has 0 aliphatic carbocycles. The maximum Gasteiger partial charge on any atom is 0.127 e. The molecule has 2 aromatic rings. The van der Waals surface area contributed by atoms with Crippen molar-refractivity contribution >= 4 is 5.69 Å². The summed E-state index contributed by atoms with van der Waals surface area (Å²) in [5.41, 5.74) is 1.10. The first-order chi connectivity index (χ1) is 9.67. The first-order valence-corrected chi connectivity index (χ1v) is 7.01. The SMILES string of the molecule is CCCC(C)Nc1ccc(Oc2ccc(O)cc2)cc1. The molecular formula is C17H21NO2. The molecule has 0 fully saturated rings. The Morgan fingerprint density at radius 3 is 2.10 bits per heavy atom. The van der Waals surface area contributed by atoms with Crippen LogP contribution in [0.15, 0.2) is 48.5 Å². The third-order valence-corrected chi connectivity index (χ3v) is 3.06. The number of hydrogen-bond acceptors (Lipinski definition) is 3. The molecule has 0 bridgehead atoms. The van der Waals surface area contributed by atoms with Gasteiger partial charge in [-0.2, -0.15) is 0 Å². The summed E-state index contributed by atoms with van der Waals surface area (Å²) in [6, 6.07) is 15.1. The number of aromatic hydroxyl groups is 1. The lowest BCUT2D eigenvalue weighted by Gasteiger charge is -2.14. The number of rotatable bonds is 6. The van der Waals surface area contributed by atoms with Crippen LogP contribution in [0.5, 0.6) is 17.2 Å². The molecule has 3 heteroatoms. The minimum Gasteiger partial charge on any atom is -0.508 e. The minimum absolute atomic E-state index is 0.238. The van der Waals surface area contributed by atoms with Gasteiger partial charge in [-0.3, -0.25) is 0 Å². The number of ether oxygens (including phenoxy) is 1. The number of nitrogens with one attached hydrogen (secondary N) is 1. The highest BCUT2D eigenvalue weighted by Crippen LogP contribution is 2.24. The normalized spacial score (nSPS) is 11.9. The van der Waals surface area contributed by atoms with E-state index < -0.39 is 0 Å². The van der Waals surface area contributed by atoms with Gasteiger partial charge in [-0.25, -0.2) is 0 Å². The fourth-order valence-corrected chi connectivity index (χ4v) is 2.06. The standard InChI is InChI=1S/C17H21NO2/c1-3-4-13(2)18-14-5-9-16(10-6-14)20-17-11-7-15(19)8-12-17/h5-13,18-19H,3-4H2,1-2H3. The van der Waals surface area contributed by atoms with Crippen LogP contribution in [0.3, 0.4) is 0 Å². The summed E-state index contributed by atoms with van der Waals surface area (Å²) in [4.78, 5) is 0. The van der Waals surface area contributed by atoms with Gasteiger partial charge in [-0.1, -0.05) is 13.3 Å². The van der Waals surface area contributed by atoms with E-state index in [-0.39, 0.29) is 5.75 Å². The Morgan fingerprint density at radius 2 is 1.55 bits per heavy atom. The highest BCUT2D eigenvalue weighted by molar-refractivity contribution is 5.47. The Kier molecular flexibility index (Phi) is 4.88. The zero-order chi connectivity index (χ0) is 14.4. The van der Waals surface area contributed by atoms with E-state index in [0.717, 1.165) is 17.9 Å². The maximum atomic E-state index is 9.22. The fourth-order valence-electron chi connectivity index (χ4n) is 2.06. The molecule has 2 aromatic carbocycles. The molecule has 0 spiro atoms. The topological polar surface area (TPSA) is 41.5 Å². The van der Waals surface area contributed by atoms with Crippen molar-refractivity contribution in [1.82, 2.24) is 0 Å². The van der Waals surface area contributed by atoms with Gasteiger partial charge in [0.15, 0.2) is 0 Å². The van der Waals surface area contributed by atoms with E-state index in [2.05, 4.69) is 19.2 Å². The quantitative estimate of drug-likeness (QED) is 0.794. The Hall–Kier alpha value is -2.16. The lowest BCUT2D eigenvalue weighted by molar-refractivity contribution is 0.464. The predicted octanol–water partition coefficient (Wildman–Crippen LogP) is 4.79. The molecule has 0 heterocycles. The molecule has 0 saturated carbocycles. The average molecular weight is 271 g/mol. The summed E-state index contributed by atoms with van der Waals surface area (Å²) in [6.07, 6.45) is 2.34. The van der Waals surface area contributed by atoms with Gasteiger partial charge in [0.05, 0.1) is 0 Å². The van der Waals surface area contributed by atoms with E-state index in [9.17, 15) is 5.11 Å².